The minimum Gasteiger partial charge on any atom is -0.496 e. The van der Waals surface area contributed by atoms with Gasteiger partial charge in [0.25, 0.3) is 0 Å². The first-order valence-electron chi connectivity index (χ1n) is 9.57. The topological polar surface area (TPSA) is 54.9 Å². The Labute approximate surface area is 166 Å². The Morgan fingerprint density at radius 3 is 2.50 bits per heavy atom. The number of hydrogen-bond acceptors (Lipinski definition) is 3. The molecule has 1 fully saturated rings. The number of aliphatic imine (C=N–C) groups is 1. The molecular formula is C22H28FN3O2. The highest BCUT2D eigenvalue weighted by atomic mass is 19.1. The smallest absolute Gasteiger partial charge is 0.191 e. The third kappa shape index (κ3) is 4.81. The van der Waals surface area contributed by atoms with Gasteiger partial charge in [0.2, 0.25) is 0 Å². The molecule has 0 radical (unpaired) electrons. The monoisotopic (exact) mass is 385 g/mol. The second-order valence-electron chi connectivity index (χ2n) is 6.99. The zero-order chi connectivity index (χ0) is 19.8. The van der Waals surface area contributed by atoms with Gasteiger partial charge in [-0.3, -0.25) is 4.99 Å². The van der Waals surface area contributed by atoms with Crippen molar-refractivity contribution in [3.05, 3.63) is 65.5 Å². The number of rotatable bonds is 6. The Bertz CT molecular complexity index is 787. The standard InChI is InChI=1S/C22H28FN3O2/c1-24-21(25-15-17-5-3-4-6-20(17)27-2)26-16-22(11-13-28-14-12-22)18-7-9-19(23)10-8-18/h3-10H,11-16H2,1-2H3,(H2,24,25,26). The van der Waals surface area contributed by atoms with Gasteiger partial charge in [0.1, 0.15) is 11.6 Å². The van der Waals surface area contributed by atoms with Gasteiger partial charge in [-0.05, 0) is 36.6 Å². The van der Waals surface area contributed by atoms with Crippen LogP contribution in [0.4, 0.5) is 4.39 Å². The molecule has 0 amide bonds. The number of ether oxygens (including phenoxy) is 2. The Morgan fingerprint density at radius 2 is 1.82 bits per heavy atom. The van der Waals surface area contributed by atoms with Gasteiger partial charge in [0, 0.05) is 44.3 Å². The summed E-state index contributed by atoms with van der Waals surface area (Å²) in [5, 5.41) is 6.80. The normalized spacial score (nSPS) is 16.5. The van der Waals surface area contributed by atoms with E-state index in [9.17, 15) is 4.39 Å². The van der Waals surface area contributed by atoms with Crippen LogP contribution in [0.15, 0.2) is 53.5 Å². The van der Waals surface area contributed by atoms with E-state index < -0.39 is 0 Å². The zero-order valence-corrected chi connectivity index (χ0v) is 16.5. The Morgan fingerprint density at radius 1 is 1.11 bits per heavy atom. The minimum absolute atomic E-state index is 0.103. The van der Waals surface area contributed by atoms with Crippen molar-refractivity contribution in [2.24, 2.45) is 4.99 Å². The van der Waals surface area contributed by atoms with Crippen LogP contribution in [0.3, 0.4) is 0 Å². The van der Waals surface area contributed by atoms with Crippen LogP contribution >= 0.6 is 0 Å². The van der Waals surface area contributed by atoms with Crippen molar-refractivity contribution in [3.63, 3.8) is 0 Å². The molecule has 2 N–H and O–H groups in total. The largest absolute Gasteiger partial charge is 0.496 e. The summed E-state index contributed by atoms with van der Waals surface area (Å²) in [6.07, 6.45) is 1.77. The molecule has 0 spiro atoms. The van der Waals surface area contributed by atoms with Crippen molar-refractivity contribution < 1.29 is 13.9 Å². The molecule has 1 saturated heterocycles. The molecule has 0 aromatic heterocycles. The highest BCUT2D eigenvalue weighted by molar-refractivity contribution is 5.79. The predicted molar refractivity (Wildman–Crippen MR) is 109 cm³/mol. The highest BCUT2D eigenvalue weighted by Crippen LogP contribution is 2.34. The first kappa shape index (κ1) is 20.1. The maximum absolute atomic E-state index is 13.4. The first-order valence-corrected chi connectivity index (χ1v) is 9.57. The molecule has 2 aromatic rings. The molecule has 0 bridgehead atoms. The van der Waals surface area contributed by atoms with E-state index in [1.54, 1.807) is 14.2 Å². The number of benzene rings is 2. The summed E-state index contributed by atoms with van der Waals surface area (Å²) in [6.45, 7) is 2.71. The van der Waals surface area contributed by atoms with Crippen molar-refractivity contribution in [3.8, 4) is 5.75 Å². The van der Waals surface area contributed by atoms with Crippen LogP contribution < -0.4 is 15.4 Å². The van der Waals surface area contributed by atoms with E-state index in [-0.39, 0.29) is 11.2 Å². The van der Waals surface area contributed by atoms with Crippen LogP contribution in [-0.4, -0.2) is 39.9 Å². The van der Waals surface area contributed by atoms with Gasteiger partial charge in [0.15, 0.2) is 5.96 Å². The summed E-state index contributed by atoms with van der Waals surface area (Å²) in [6, 6.07) is 14.7. The van der Waals surface area contributed by atoms with Gasteiger partial charge < -0.3 is 20.1 Å². The summed E-state index contributed by atoms with van der Waals surface area (Å²) in [5.41, 5.74) is 2.09. The molecule has 1 aliphatic heterocycles. The van der Waals surface area contributed by atoms with Gasteiger partial charge in [-0.25, -0.2) is 4.39 Å². The molecule has 5 nitrogen and oxygen atoms in total. The SMILES string of the molecule is CN=C(NCc1ccccc1OC)NCC1(c2ccc(F)cc2)CCOCC1. The average Bonchev–Trinajstić information content (AvgIpc) is 2.75. The lowest BCUT2D eigenvalue weighted by molar-refractivity contribution is 0.0513. The van der Waals surface area contributed by atoms with Gasteiger partial charge in [-0.15, -0.1) is 0 Å². The van der Waals surface area contributed by atoms with E-state index in [1.807, 2.05) is 36.4 Å². The average molecular weight is 385 g/mol. The zero-order valence-electron chi connectivity index (χ0n) is 16.5. The van der Waals surface area contributed by atoms with Crippen LogP contribution in [0, 0.1) is 5.82 Å². The molecule has 6 heteroatoms. The number of para-hydroxylation sites is 1. The number of hydrogen-bond donors (Lipinski definition) is 2. The maximum Gasteiger partial charge on any atom is 0.191 e. The minimum atomic E-state index is -0.215. The lowest BCUT2D eigenvalue weighted by Crippen LogP contribution is -2.47. The number of methoxy groups -OCH3 is 1. The number of guanidine groups is 1. The molecule has 0 atom stereocenters. The van der Waals surface area contributed by atoms with E-state index in [2.05, 4.69) is 15.6 Å². The van der Waals surface area contributed by atoms with Crippen molar-refractivity contribution in [2.75, 3.05) is 33.9 Å². The van der Waals surface area contributed by atoms with Crippen molar-refractivity contribution in [1.29, 1.82) is 0 Å². The van der Waals surface area contributed by atoms with Crippen molar-refractivity contribution >= 4 is 5.96 Å². The fraction of sp³-hybridized carbons (Fsp3) is 0.409. The van der Waals surface area contributed by atoms with Crippen LogP contribution in [0.5, 0.6) is 5.75 Å². The van der Waals surface area contributed by atoms with E-state index in [1.165, 1.54) is 12.1 Å². The Kier molecular flexibility index (Phi) is 6.87. The first-order chi connectivity index (χ1) is 13.7. The molecule has 150 valence electrons. The molecule has 1 heterocycles. The van der Waals surface area contributed by atoms with Gasteiger partial charge in [-0.2, -0.15) is 0 Å². The highest BCUT2D eigenvalue weighted by Gasteiger charge is 2.34. The summed E-state index contributed by atoms with van der Waals surface area (Å²) >= 11 is 0. The Balaban J connectivity index is 1.67. The molecular weight excluding hydrogens is 357 g/mol. The molecule has 0 aliphatic carbocycles. The lowest BCUT2D eigenvalue weighted by atomic mass is 9.74. The van der Waals surface area contributed by atoms with Crippen LogP contribution in [0.25, 0.3) is 0 Å². The van der Waals surface area contributed by atoms with Crippen LogP contribution in [0.2, 0.25) is 0 Å². The summed E-state index contributed by atoms with van der Waals surface area (Å²) < 4.78 is 24.4. The summed E-state index contributed by atoms with van der Waals surface area (Å²) in [7, 11) is 3.43. The van der Waals surface area contributed by atoms with Gasteiger partial charge >= 0.3 is 0 Å². The molecule has 1 aliphatic rings. The quantitative estimate of drug-likeness (QED) is 0.592. The van der Waals surface area contributed by atoms with E-state index in [4.69, 9.17) is 9.47 Å². The fourth-order valence-corrected chi connectivity index (χ4v) is 3.63. The third-order valence-electron chi connectivity index (χ3n) is 5.36. The van der Waals surface area contributed by atoms with Crippen LogP contribution in [0.1, 0.15) is 24.0 Å². The van der Waals surface area contributed by atoms with Gasteiger partial charge in [-0.1, -0.05) is 30.3 Å². The fourth-order valence-electron chi connectivity index (χ4n) is 3.63. The second kappa shape index (κ2) is 9.55. The summed E-state index contributed by atoms with van der Waals surface area (Å²) in [5.74, 6) is 1.35. The summed E-state index contributed by atoms with van der Waals surface area (Å²) in [4.78, 5) is 4.34. The predicted octanol–water partition coefficient (Wildman–Crippen LogP) is 3.25. The van der Waals surface area contributed by atoms with E-state index >= 15 is 0 Å². The Hall–Kier alpha value is -2.60. The molecule has 0 saturated carbocycles. The molecule has 28 heavy (non-hydrogen) atoms. The lowest BCUT2D eigenvalue weighted by Gasteiger charge is -2.38. The molecule has 3 rings (SSSR count). The number of halogens is 1. The van der Waals surface area contributed by atoms with Crippen LogP contribution in [-0.2, 0) is 16.7 Å². The number of nitrogens with one attached hydrogen (secondary N) is 2. The molecule has 0 unspecified atom stereocenters. The van der Waals surface area contributed by atoms with Gasteiger partial charge in [0.05, 0.1) is 7.11 Å². The van der Waals surface area contributed by atoms with Crippen molar-refractivity contribution in [2.45, 2.75) is 24.8 Å². The van der Waals surface area contributed by atoms with E-state index in [0.29, 0.717) is 26.3 Å². The second-order valence-corrected chi connectivity index (χ2v) is 6.99. The third-order valence-corrected chi connectivity index (χ3v) is 5.36. The molecule has 2 aromatic carbocycles. The maximum atomic E-state index is 13.4. The van der Waals surface area contributed by atoms with E-state index in [0.717, 1.165) is 35.7 Å². The van der Waals surface area contributed by atoms with Crippen molar-refractivity contribution in [1.82, 2.24) is 10.6 Å². The number of nitrogens with zero attached hydrogens (tertiary/aromatic N) is 1.